The van der Waals surface area contributed by atoms with Crippen LogP contribution in [-0.4, -0.2) is 42.2 Å². The fraction of sp³-hybridized carbons (Fsp3) is 0.963. The molecule has 31 heavy (non-hydrogen) atoms. The van der Waals surface area contributed by atoms with Crippen molar-refractivity contribution in [2.45, 2.75) is 142 Å². The van der Waals surface area contributed by atoms with Gasteiger partial charge in [0.05, 0.1) is 20.1 Å². The van der Waals surface area contributed by atoms with E-state index >= 15 is 0 Å². The first kappa shape index (κ1) is 33.1. The van der Waals surface area contributed by atoms with E-state index in [4.69, 9.17) is 0 Å². The number of hydrogen-bond donors (Lipinski definition) is 1. The van der Waals surface area contributed by atoms with Crippen LogP contribution >= 0.6 is 0 Å². The van der Waals surface area contributed by atoms with E-state index in [-0.39, 0.29) is 23.5 Å². The van der Waals surface area contributed by atoms with E-state index in [1.54, 1.807) is 0 Å². The number of aliphatic carboxylic acids is 1. The predicted molar refractivity (Wildman–Crippen MR) is 132 cm³/mol. The quantitative estimate of drug-likeness (QED) is 0.141. The molecule has 3 nitrogen and oxygen atoms in total. The molecule has 0 saturated carbocycles. The van der Waals surface area contributed by atoms with Crippen LogP contribution in [0.25, 0.3) is 0 Å². The summed E-state index contributed by atoms with van der Waals surface area (Å²) in [4.78, 5) is 11.4. The predicted octanol–water partition coefficient (Wildman–Crippen LogP) is 5.36. The highest BCUT2D eigenvalue weighted by Crippen LogP contribution is 2.15. The van der Waals surface area contributed by atoms with Crippen molar-refractivity contribution in [2.24, 2.45) is 0 Å². The maximum absolute atomic E-state index is 11.4. The third-order valence-corrected chi connectivity index (χ3v) is 6.62. The molecule has 0 aromatic rings. The number of hydrogen-bond acceptors (Lipinski definition) is 1. The molecular formula is C27H56BrNO2. The van der Waals surface area contributed by atoms with Crippen LogP contribution in [0.3, 0.4) is 0 Å². The van der Waals surface area contributed by atoms with Gasteiger partial charge in [-0.25, -0.2) is 4.79 Å². The van der Waals surface area contributed by atoms with Gasteiger partial charge < -0.3 is 26.6 Å². The number of halogens is 1. The molecule has 0 bridgehead atoms. The van der Waals surface area contributed by atoms with E-state index in [2.05, 4.69) is 20.9 Å². The van der Waals surface area contributed by atoms with Crippen LogP contribution < -0.4 is 17.0 Å². The lowest BCUT2D eigenvalue weighted by Crippen LogP contribution is -3.00. The molecule has 0 heterocycles. The molecule has 0 aliphatic rings. The molecule has 0 aliphatic heterocycles. The van der Waals surface area contributed by atoms with Gasteiger partial charge in [-0.3, -0.25) is 0 Å². The first-order valence-electron chi connectivity index (χ1n) is 13.6. The van der Waals surface area contributed by atoms with Crippen LogP contribution in [-0.2, 0) is 4.79 Å². The number of carboxylic acids is 1. The molecule has 1 N–H and O–H groups in total. The minimum atomic E-state index is -0.642. The summed E-state index contributed by atoms with van der Waals surface area (Å²) in [5, 5.41) is 9.36. The van der Waals surface area contributed by atoms with E-state index in [0.717, 1.165) is 17.6 Å². The maximum Gasteiger partial charge on any atom is 0.359 e. The van der Waals surface area contributed by atoms with Crippen molar-refractivity contribution in [1.82, 2.24) is 0 Å². The molecule has 0 unspecified atom stereocenters. The second kappa shape index (κ2) is 24.6. The first-order valence-corrected chi connectivity index (χ1v) is 13.6. The van der Waals surface area contributed by atoms with Crippen molar-refractivity contribution in [3.8, 4) is 0 Å². The lowest BCUT2D eigenvalue weighted by molar-refractivity contribution is -0.903. The second-order valence-corrected chi connectivity index (χ2v) is 9.98. The number of nitrogens with zero attached hydrogens (tertiary/aromatic N) is 1. The zero-order valence-electron chi connectivity index (χ0n) is 21.4. The molecule has 188 valence electrons. The summed E-state index contributed by atoms with van der Waals surface area (Å²) in [7, 11) is 2.16. The van der Waals surface area contributed by atoms with Crippen LogP contribution in [0.5, 0.6) is 0 Å². The third-order valence-electron chi connectivity index (χ3n) is 6.62. The van der Waals surface area contributed by atoms with Crippen LogP contribution in [0.2, 0.25) is 0 Å². The molecule has 0 aromatic heterocycles. The van der Waals surface area contributed by atoms with Gasteiger partial charge in [0.1, 0.15) is 0 Å². The summed E-state index contributed by atoms with van der Waals surface area (Å²) in [6, 6.07) is 0. The van der Waals surface area contributed by atoms with Crippen molar-refractivity contribution in [2.75, 3.05) is 26.7 Å². The Morgan fingerprint density at radius 2 is 0.806 bits per heavy atom. The molecule has 0 rings (SSSR count). The van der Waals surface area contributed by atoms with Gasteiger partial charge in [0.25, 0.3) is 0 Å². The van der Waals surface area contributed by atoms with Gasteiger partial charge in [-0.1, -0.05) is 117 Å². The minimum Gasteiger partial charge on any atom is -1.00 e. The average Bonchev–Trinajstić information content (AvgIpc) is 2.70. The van der Waals surface area contributed by atoms with Crippen molar-refractivity contribution in [1.29, 1.82) is 0 Å². The van der Waals surface area contributed by atoms with Crippen LogP contribution in [0.1, 0.15) is 142 Å². The molecular weight excluding hydrogens is 450 g/mol. The Labute approximate surface area is 206 Å². The van der Waals surface area contributed by atoms with E-state index < -0.39 is 5.97 Å². The molecule has 0 spiro atoms. The SMILES string of the molecule is CCCCCCCCCCCC[N+](C)(CCCCCCCCCCCC)CC(=O)O.[Br-]. The summed E-state index contributed by atoms with van der Waals surface area (Å²) >= 11 is 0. The van der Waals surface area contributed by atoms with Crippen LogP contribution in [0, 0.1) is 0 Å². The number of quaternary nitrogens is 1. The van der Waals surface area contributed by atoms with Gasteiger partial charge in [0.15, 0.2) is 6.54 Å². The normalized spacial score (nSPS) is 11.5. The topological polar surface area (TPSA) is 37.3 Å². The standard InChI is InChI=1S/C27H55NO2.BrH/c1-4-6-8-10-12-14-16-18-20-22-24-28(3,26-27(29)30)25-23-21-19-17-15-13-11-9-7-5-2;/h4-26H2,1-3H3;1H. The van der Waals surface area contributed by atoms with Crippen molar-refractivity contribution in [3.63, 3.8) is 0 Å². The summed E-state index contributed by atoms with van der Waals surface area (Å²) in [6.07, 6.45) is 26.8. The highest BCUT2D eigenvalue weighted by atomic mass is 79.9. The second-order valence-electron chi connectivity index (χ2n) is 9.98. The summed E-state index contributed by atoms with van der Waals surface area (Å²) in [5.74, 6) is -0.642. The number of rotatable bonds is 24. The van der Waals surface area contributed by atoms with Gasteiger partial charge in [-0.2, -0.15) is 0 Å². The Morgan fingerprint density at radius 1 is 0.548 bits per heavy atom. The lowest BCUT2D eigenvalue weighted by Gasteiger charge is -2.33. The van der Waals surface area contributed by atoms with Gasteiger partial charge in [0.2, 0.25) is 0 Å². The van der Waals surface area contributed by atoms with Gasteiger partial charge in [-0.15, -0.1) is 0 Å². The third kappa shape index (κ3) is 24.4. The van der Waals surface area contributed by atoms with E-state index in [1.807, 2.05) is 0 Å². The molecule has 4 heteroatoms. The first-order chi connectivity index (χ1) is 14.5. The highest BCUT2D eigenvalue weighted by molar-refractivity contribution is 5.67. The van der Waals surface area contributed by atoms with Crippen molar-refractivity contribution in [3.05, 3.63) is 0 Å². The zero-order chi connectivity index (χ0) is 22.3. The fourth-order valence-corrected chi connectivity index (χ4v) is 4.56. The largest absolute Gasteiger partial charge is 1.00 e. The Kier molecular flexibility index (Phi) is 26.2. The summed E-state index contributed by atoms with van der Waals surface area (Å²) in [6.45, 7) is 6.88. The minimum absolute atomic E-state index is 0. The van der Waals surface area contributed by atoms with Gasteiger partial charge in [0, 0.05) is 0 Å². The van der Waals surface area contributed by atoms with Crippen molar-refractivity contribution < 1.29 is 31.4 Å². The zero-order valence-corrected chi connectivity index (χ0v) is 23.0. The van der Waals surface area contributed by atoms with Gasteiger partial charge >= 0.3 is 5.97 Å². The smallest absolute Gasteiger partial charge is 0.359 e. The molecule has 0 amide bonds. The molecule has 0 aliphatic carbocycles. The van der Waals surface area contributed by atoms with Gasteiger partial charge in [-0.05, 0) is 25.7 Å². The molecule has 0 aromatic carbocycles. The van der Waals surface area contributed by atoms with E-state index in [9.17, 15) is 9.90 Å². The van der Waals surface area contributed by atoms with E-state index in [1.165, 1.54) is 128 Å². The number of carbonyl (C=O) groups is 1. The average molecular weight is 507 g/mol. The van der Waals surface area contributed by atoms with E-state index in [0.29, 0.717) is 0 Å². The monoisotopic (exact) mass is 505 g/mol. The highest BCUT2D eigenvalue weighted by Gasteiger charge is 2.24. The lowest BCUT2D eigenvalue weighted by atomic mass is 10.1. The number of unbranched alkanes of at least 4 members (excludes halogenated alkanes) is 18. The fourth-order valence-electron chi connectivity index (χ4n) is 4.56. The molecule has 0 radical (unpaired) electrons. The Bertz CT molecular complexity index is 352. The molecule has 0 fully saturated rings. The van der Waals surface area contributed by atoms with Crippen LogP contribution in [0.4, 0.5) is 0 Å². The molecule has 0 saturated heterocycles. The summed E-state index contributed by atoms with van der Waals surface area (Å²) < 4.78 is 0.726. The van der Waals surface area contributed by atoms with Crippen molar-refractivity contribution >= 4 is 5.97 Å². The summed E-state index contributed by atoms with van der Waals surface area (Å²) in [5.41, 5.74) is 0. The Morgan fingerprint density at radius 3 is 1.06 bits per heavy atom. The Balaban J connectivity index is 0. The maximum atomic E-state index is 11.4. The Hall–Kier alpha value is -0.0900. The number of carboxylic acid groups (broad SMARTS) is 1. The van der Waals surface area contributed by atoms with Crippen LogP contribution in [0.15, 0.2) is 0 Å². The molecule has 0 atom stereocenters. The number of likely N-dealkylation sites (N-methyl/N-ethyl adjacent to an activating group) is 1.